The van der Waals surface area contributed by atoms with Gasteiger partial charge < -0.3 is 15.1 Å². The molecule has 0 unspecified atom stereocenters. The Morgan fingerprint density at radius 2 is 1.56 bits per heavy atom. The van der Waals surface area contributed by atoms with Crippen LogP contribution in [-0.4, -0.2) is 42.9 Å². The molecule has 0 saturated carbocycles. The maximum atomic E-state index is 12.7. The van der Waals surface area contributed by atoms with Crippen molar-refractivity contribution in [2.75, 3.05) is 36.4 Å². The van der Waals surface area contributed by atoms with E-state index in [9.17, 15) is 9.59 Å². The minimum atomic E-state index is -0.248. The number of aryl methyl sites for hydroxylation is 1. The molecule has 1 fully saturated rings. The zero-order chi connectivity index (χ0) is 24.1. The van der Waals surface area contributed by atoms with Crippen LogP contribution in [0.25, 0.3) is 6.08 Å². The topological polar surface area (TPSA) is 52.7 Å². The quantitative estimate of drug-likeness (QED) is 0.449. The van der Waals surface area contributed by atoms with Crippen molar-refractivity contribution in [2.24, 2.45) is 0 Å². The highest BCUT2D eigenvalue weighted by atomic mass is 35.5. The number of nitrogens with zero attached hydrogens (tertiary/aromatic N) is 2. The first-order chi connectivity index (χ1) is 16.4. The fourth-order valence-electron chi connectivity index (χ4n) is 3.79. The molecule has 0 bridgehead atoms. The van der Waals surface area contributed by atoms with Gasteiger partial charge in [-0.2, -0.15) is 0 Å². The Kier molecular flexibility index (Phi) is 7.56. The summed E-state index contributed by atoms with van der Waals surface area (Å²) in [5.41, 5.74) is 4.35. The highest BCUT2D eigenvalue weighted by molar-refractivity contribution is 6.35. The van der Waals surface area contributed by atoms with Crippen LogP contribution in [0.5, 0.6) is 0 Å². The van der Waals surface area contributed by atoms with Gasteiger partial charge in [-0.25, -0.2) is 0 Å². The van der Waals surface area contributed by atoms with E-state index in [0.29, 0.717) is 28.8 Å². The third-order valence-corrected chi connectivity index (χ3v) is 6.30. The summed E-state index contributed by atoms with van der Waals surface area (Å²) >= 11 is 12.0. The Hall–Kier alpha value is -3.28. The van der Waals surface area contributed by atoms with Gasteiger partial charge in [0.2, 0.25) is 5.91 Å². The minimum Gasteiger partial charge on any atom is -0.368 e. The molecular formula is C27H25Cl2N3O2. The zero-order valence-corrected chi connectivity index (χ0v) is 20.3. The molecule has 4 rings (SSSR count). The molecule has 7 heteroatoms. The first-order valence-electron chi connectivity index (χ1n) is 11.0. The van der Waals surface area contributed by atoms with Gasteiger partial charge in [0.25, 0.3) is 5.91 Å². The summed E-state index contributed by atoms with van der Waals surface area (Å²) in [6.45, 7) is 4.87. The van der Waals surface area contributed by atoms with Gasteiger partial charge in [0, 0.05) is 59.2 Å². The smallest absolute Gasteiger partial charge is 0.253 e. The molecule has 1 saturated heterocycles. The third kappa shape index (κ3) is 5.99. The van der Waals surface area contributed by atoms with E-state index in [1.165, 1.54) is 6.08 Å². The van der Waals surface area contributed by atoms with E-state index in [4.69, 9.17) is 23.2 Å². The lowest BCUT2D eigenvalue weighted by Crippen LogP contribution is -2.48. The maximum absolute atomic E-state index is 12.7. The van der Waals surface area contributed by atoms with Gasteiger partial charge in [-0.3, -0.25) is 9.59 Å². The number of hydrogen-bond acceptors (Lipinski definition) is 3. The lowest BCUT2D eigenvalue weighted by molar-refractivity contribution is -0.111. The van der Waals surface area contributed by atoms with E-state index in [0.717, 1.165) is 35.5 Å². The zero-order valence-electron chi connectivity index (χ0n) is 18.8. The maximum Gasteiger partial charge on any atom is 0.253 e. The SMILES string of the molecule is Cc1ccc(C(=O)N2CCN(c3ccc(NC(=O)/C=C/c4ccc(Cl)cc4Cl)cc3)CC2)cc1. The summed E-state index contributed by atoms with van der Waals surface area (Å²) in [7, 11) is 0. The van der Waals surface area contributed by atoms with Crippen LogP contribution in [0.15, 0.2) is 72.8 Å². The number of nitrogens with one attached hydrogen (secondary N) is 1. The second kappa shape index (κ2) is 10.8. The molecule has 1 heterocycles. The third-order valence-electron chi connectivity index (χ3n) is 5.74. The number of anilines is 2. The average Bonchev–Trinajstić information content (AvgIpc) is 2.84. The van der Waals surface area contributed by atoms with Crippen LogP contribution in [-0.2, 0) is 4.79 Å². The van der Waals surface area contributed by atoms with Crippen molar-refractivity contribution >= 4 is 52.5 Å². The van der Waals surface area contributed by atoms with Gasteiger partial charge in [0.1, 0.15) is 0 Å². The Morgan fingerprint density at radius 3 is 2.21 bits per heavy atom. The van der Waals surface area contributed by atoms with Crippen LogP contribution in [0.3, 0.4) is 0 Å². The van der Waals surface area contributed by atoms with E-state index in [2.05, 4.69) is 10.2 Å². The van der Waals surface area contributed by atoms with Crippen LogP contribution in [0.2, 0.25) is 10.0 Å². The highest BCUT2D eigenvalue weighted by Gasteiger charge is 2.22. The Bertz CT molecular complexity index is 1200. The van der Waals surface area contributed by atoms with E-state index in [-0.39, 0.29) is 11.8 Å². The average molecular weight is 494 g/mol. The van der Waals surface area contributed by atoms with Gasteiger partial charge in [0.05, 0.1) is 0 Å². The van der Waals surface area contributed by atoms with Crippen molar-refractivity contribution in [1.82, 2.24) is 4.90 Å². The van der Waals surface area contributed by atoms with E-state index >= 15 is 0 Å². The fraction of sp³-hybridized carbons (Fsp3) is 0.185. The largest absolute Gasteiger partial charge is 0.368 e. The number of piperazine rings is 1. The van der Waals surface area contributed by atoms with Crippen LogP contribution in [0.1, 0.15) is 21.5 Å². The lowest BCUT2D eigenvalue weighted by Gasteiger charge is -2.36. The van der Waals surface area contributed by atoms with Crippen LogP contribution in [0, 0.1) is 6.92 Å². The summed E-state index contributed by atoms with van der Waals surface area (Å²) in [5, 5.41) is 3.89. The highest BCUT2D eigenvalue weighted by Crippen LogP contribution is 2.23. The molecule has 0 aromatic heterocycles. The summed E-state index contributed by atoms with van der Waals surface area (Å²) < 4.78 is 0. The van der Waals surface area contributed by atoms with Crippen molar-refractivity contribution in [3.05, 3.63) is 99.5 Å². The number of rotatable bonds is 5. The summed E-state index contributed by atoms with van der Waals surface area (Å²) in [6.07, 6.45) is 3.09. The fourth-order valence-corrected chi connectivity index (χ4v) is 4.26. The van der Waals surface area contributed by atoms with Gasteiger partial charge >= 0.3 is 0 Å². The summed E-state index contributed by atoms with van der Waals surface area (Å²) in [6, 6.07) is 20.5. The summed E-state index contributed by atoms with van der Waals surface area (Å²) in [4.78, 5) is 29.1. The number of halogens is 2. The van der Waals surface area contributed by atoms with Crippen molar-refractivity contribution < 1.29 is 9.59 Å². The van der Waals surface area contributed by atoms with E-state index in [1.807, 2.05) is 60.4 Å². The van der Waals surface area contributed by atoms with Gasteiger partial charge in [-0.15, -0.1) is 0 Å². The molecule has 5 nitrogen and oxygen atoms in total. The number of hydrogen-bond donors (Lipinski definition) is 1. The molecule has 1 N–H and O–H groups in total. The normalized spacial score (nSPS) is 13.9. The van der Waals surface area contributed by atoms with Crippen LogP contribution < -0.4 is 10.2 Å². The first-order valence-corrected chi connectivity index (χ1v) is 11.8. The van der Waals surface area contributed by atoms with Crippen LogP contribution in [0.4, 0.5) is 11.4 Å². The standard InChI is InChI=1S/C27H25Cl2N3O2/c1-19-2-4-21(5-3-19)27(34)32-16-14-31(15-17-32)24-11-9-23(10-12-24)30-26(33)13-7-20-6-8-22(28)18-25(20)29/h2-13,18H,14-17H2,1H3,(H,30,33)/b13-7+. The van der Waals surface area contributed by atoms with E-state index in [1.54, 1.807) is 24.3 Å². The monoisotopic (exact) mass is 493 g/mol. The second-order valence-corrected chi connectivity index (χ2v) is 9.02. The molecule has 1 aliphatic heterocycles. The lowest BCUT2D eigenvalue weighted by atomic mass is 10.1. The molecule has 2 amide bonds. The molecule has 174 valence electrons. The van der Waals surface area contributed by atoms with Crippen molar-refractivity contribution in [3.63, 3.8) is 0 Å². The number of carbonyl (C=O) groups excluding carboxylic acids is 2. The molecule has 3 aromatic rings. The van der Waals surface area contributed by atoms with Crippen molar-refractivity contribution in [3.8, 4) is 0 Å². The predicted octanol–water partition coefficient (Wildman–Crippen LogP) is 5.92. The Labute approximate surface area is 209 Å². The Balaban J connectivity index is 1.30. The molecule has 3 aromatic carbocycles. The molecule has 0 spiro atoms. The predicted molar refractivity (Wildman–Crippen MR) is 140 cm³/mol. The molecule has 34 heavy (non-hydrogen) atoms. The molecule has 0 radical (unpaired) electrons. The first kappa shape index (κ1) is 23.9. The minimum absolute atomic E-state index is 0.0747. The van der Waals surface area contributed by atoms with Crippen molar-refractivity contribution in [2.45, 2.75) is 6.92 Å². The molecular weight excluding hydrogens is 469 g/mol. The number of amides is 2. The Morgan fingerprint density at radius 1 is 0.882 bits per heavy atom. The molecule has 0 aliphatic carbocycles. The van der Waals surface area contributed by atoms with Gasteiger partial charge in [-0.05, 0) is 67.1 Å². The van der Waals surface area contributed by atoms with E-state index < -0.39 is 0 Å². The van der Waals surface area contributed by atoms with Crippen molar-refractivity contribution in [1.29, 1.82) is 0 Å². The molecule has 1 aliphatic rings. The summed E-state index contributed by atoms with van der Waals surface area (Å²) in [5.74, 6) is -0.173. The van der Waals surface area contributed by atoms with Crippen LogP contribution >= 0.6 is 23.2 Å². The number of benzene rings is 3. The van der Waals surface area contributed by atoms with Gasteiger partial charge in [-0.1, -0.05) is 47.0 Å². The van der Waals surface area contributed by atoms with Gasteiger partial charge in [0.15, 0.2) is 0 Å². The molecule has 0 atom stereocenters. The second-order valence-electron chi connectivity index (χ2n) is 8.18. The number of carbonyl (C=O) groups is 2.